The van der Waals surface area contributed by atoms with Crippen molar-refractivity contribution in [2.75, 3.05) is 54.7 Å². The molecule has 0 N–H and O–H groups in total. The Morgan fingerprint density at radius 3 is 2.29 bits per heavy atom. The molecule has 9 rings (SSSR count). The fourth-order valence-electron chi connectivity index (χ4n) is 9.67. The van der Waals surface area contributed by atoms with Crippen LogP contribution in [0.25, 0.3) is 11.2 Å². The Kier molecular flexibility index (Phi) is 14.1. The zero-order valence-corrected chi connectivity index (χ0v) is 40.9. The van der Waals surface area contributed by atoms with Crippen molar-refractivity contribution < 1.29 is 37.5 Å². The Labute approximate surface area is 396 Å². The molecule has 3 aliphatic heterocycles. The van der Waals surface area contributed by atoms with Crippen molar-refractivity contribution in [3.63, 3.8) is 0 Å². The summed E-state index contributed by atoms with van der Waals surface area (Å²) in [5, 5.41) is 0. The van der Waals surface area contributed by atoms with Gasteiger partial charge in [0, 0.05) is 31.9 Å². The first-order valence-electron chi connectivity index (χ1n) is 22.5. The Bertz CT molecular complexity index is 2520. The number of aliphatic imine (C=N–C) groups is 1. The Morgan fingerprint density at radius 1 is 0.955 bits per heavy atom. The summed E-state index contributed by atoms with van der Waals surface area (Å²) < 4.78 is 54.3. The van der Waals surface area contributed by atoms with Gasteiger partial charge in [0.15, 0.2) is 23.2 Å². The highest BCUT2D eigenvalue weighted by molar-refractivity contribution is 8.68. The van der Waals surface area contributed by atoms with Crippen LogP contribution in [-0.2, 0) is 45.4 Å². The van der Waals surface area contributed by atoms with E-state index in [9.17, 15) is 0 Å². The van der Waals surface area contributed by atoms with Gasteiger partial charge >= 0.3 is 0 Å². The number of ether oxygens (including phenoxy) is 6. The van der Waals surface area contributed by atoms with Crippen molar-refractivity contribution in [1.82, 2.24) is 24.4 Å². The summed E-state index contributed by atoms with van der Waals surface area (Å²) in [6.07, 6.45) is 4.83. The quantitative estimate of drug-likeness (QED) is 0.0379. The third kappa shape index (κ3) is 9.21. The third-order valence-corrected chi connectivity index (χ3v) is 19.1. The van der Waals surface area contributed by atoms with E-state index >= 15 is 0 Å². The van der Waals surface area contributed by atoms with Crippen LogP contribution in [0.5, 0.6) is 11.5 Å². The lowest BCUT2D eigenvalue weighted by Crippen LogP contribution is -2.41. The summed E-state index contributed by atoms with van der Waals surface area (Å²) in [6.45, 7) is 10.2. The Morgan fingerprint density at radius 2 is 1.65 bits per heavy atom. The number of aromatic nitrogens is 4. The van der Waals surface area contributed by atoms with Crippen molar-refractivity contribution in [2.45, 2.75) is 86.9 Å². The Hall–Kier alpha value is -4.22. The first kappa shape index (κ1) is 46.9. The number of benzene rings is 3. The van der Waals surface area contributed by atoms with Crippen LogP contribution in [0.1, 0.15) is 68.9 Å². The van der Waals surface area contributed by atoms with Gasteiger partial charge in [0.2, 0.25) is 5.69 Å². The number of rotatable bonds is 17. The van der Waals surface area contributed by atoms with Gasteiger partial charge in [-0.05, 0) is 98.2 Å². The number of methoxy groups -OCH3 is 3. The largest absolute Gasteiger partial charge is 0.497 e. The van der Waals surface area contributed by atoms with Crippen molar-refractivity contribution in [1.29, 1.82) is 0 Å². The van der Waals surface area contributed by atoms with E-state index in [2.05, 4.69) is 42.4 Å². The van der Waals surface area contributed by atoms with Crippen LogP contribution in [0.3, 0.4) is 0 Å². The first-order chi connectivity index (χ1) is 32.0. The summed E-state index contributed by atoms with van der Waals surface area (Å²) >= 11 is 8.19. The van der Waals surface area contributed by atoms with E-state index in [1.54, 1.807) is 39.0 Å². The molecule has 8 atom stereocenters. The van der Waals surface area contributed by atoms with Gasteiger partial charge in [0.1, 0.15) is 47.6 Å². The molecule has 0 amide bonds. The standard InChI is InChI=1S/C49H59N6O8PS2/c1-32(2)33-23-24-48(3)40(28-33)62-64(65,66-48)63-43-39(29-60-49(34-12-9-8-10-13-34,35-15-19-37(57-6)20-16-35)36-17-21-38(58-7)22-18-36)61-47(44(43)59-27-26-56-5)55-31-52-42-45(50-30-51-46(42)55)53-41-14-11-25-54(41)4/h8-10,12-13,15-22,30-31,33,39-40,43-44,47H,1,11,14,23-29H2,2-7H3/b53-41+/t33-,39-,40+,43-,44-,47-,48+,64+/m1/s1. The summed E-state index contributed by atoms with van der Waals surface area (Å²) in [5.41, 5.74) is 0.758. The highest BCUT2D eigenvalue weighted by Gasteiger charge is 2.57. The zero-order valence-electron chi connectivity index (χ0n) is 38.4. The lowest BCUT2D eigenvalue weighted by Gasteiger charge is -2.37. The lowest BCUT2D eigenvalue weighted by molar-refractivity contribution is -0.0965. The molecule has 0 spiro atoms. The molecule has 66 heavy (non-hydrogen) atoms. The van der Waals surface area contributed by atoms with Crippen LogP contribution in [-0.4, -0.2) is 114 Å². The number of hydrogen-bond acceptors (Lipinski definition) is 14. The number of likely N-dealkylation sites (tertiary alicyclic amines) is 1. The van der Waals surface area contributed by atoms with E-state index in [1.165, 1.54) is 11.9 Å². The molecule has 3 saturated heterocycles. The van der Waals surface area contributed by atoms with Gasteiger partial charge in [-0.3, -0.25) is 4.57 Å². The second kappa shape index (κ2) is 19.8. The third-order valence-electron chi connectivity index (χ3n) is 13.4. The first-order valence-corrected chi connectivity index (χ1v) is 26.6. The van der Waals surface area contributed by atoms with Crippen LogP contribution in [0.4, 0.5) is 5.82 Å². The topological polar surface area (TPSA) is 133 Å². The van der Waals surface area contributed by atoms with E-state index in [0.717, 1.165) is 72.7 Å². The number of imidazole rings is 1. The minimum atomic E-state index is -3.03. The molecule has 0 unspecified atom stereocenters. The monoisotopic (exact) mass is 954 g/mol. The molecule has 4 aliphatic rings. The Balaban J connectivity index is 1.15. The minimum Gasteiger partial charge on any atom is -0.497 e. The summed E-state index contributed by atoms with van der Waals surface area (Å²) in [6, 6.07) is 26.1. The predicted octanol–water partition coefficient (Wildman–Crippen LogP) is 9.41. The molecule has 0 radical (unpaired) electrons. The van der Waals surface area contributed by atoms with E-state index < -0.39 is 35.8 Å². The summed E-state index contributed by atoms with van der Waals surface area (Å²) in [5.74, 6) is 3.26. The maximum Gasteiger partial charge on any atom is 0.248 e. The van der Waals surface area contributed by atoms with Crippen molar-refractivity contribution in [2.24, 2.45) is 10.9 Å². The highest BCUT2D eigenvalue weighted by atomic mass is 32.9. The smallest absolute Gasteiger partial charge is 0.248 e. The predicted molar refractivity (Wildman–Crippen MR) is 260 cm³/mol. The highest BCUT2D eigenvalue weighted by Crippen LogP contribution is 2.76. The van der Waals surface area contributed by atoms with Gasteiger partial charge in [-0.1, -0.05) is 78.1 Å². The fraction of sp³-hybridized carbons (Fsp3) is 0.469. The molecule has 350 valence electrons. The molecule has 1 saturated carbocycles. The van der Waals surface area contributed by atoms with Crippen LogP contribution >= 0.6 is 17.1 Å². The van der Waals surface area contributed by atoms with Crippen molar-refractivity contribution in [3.8, 4) is 11.5 Å². The number of nitrogens with zero attached hydrogens (tertiary/aromatic N) is 6. The molecule has 17 heteroatoms. The molecule has 4 fully saturated rings. The van der Waals surface area contributed by atoms with Gasteiger partial charge in [-0.2, -0.15) is 0 Å². The van der Waals surface area contributed by atoms with Gasteiger partial charge in [-0.15, -0.1) is 0 Å². The zero-order chi connectivity index (χ0) is 46.1. The van der Waals surface area contributed by atoms with E-state index in [0.29, 0.717) is 29.5 Å². The second-order valence-corrected chi connectivity index (χ2v) is 24.2. The average Bonchev–Trinajstić information content (AvgIpc) is 4.10. The normalized spacial score (nSPS) is 28.3. The van der Waals surface area contributed by atoms with E-state index in [4.69, 9.17) is 64.2 Å². The molecule has 14 nitrogen and oxygen atoms in total. The molecule has 0 bridgehead atoms. The van der Waals surface area contributed by atoms with Crippen LogP contribution < -0.4 is 9.47 Å². The number of fused-ring (bicyclic) bond motifs is 2. The molecule has 5 heterocycles. The van der Waals surface area contributed by atoms with Crippen LogP contribution in [0.2, 0.25) is 0 Å². The maximum absolute atomic E-state index is 7.51. The molecule has 5 aromatic rings. The molecule has 1 aliphatic carbocycles. The van der Waals surface area contributed by atoms with Crippen molar-refractivity contribution >= 4 is 51.7 Å². The molecular formula is C49H59N6O8PS2. The molecule has 3 aromatic carbocycles. The van der Waals surface area contributed by atoms with E-state index in [1.807, 2.05) is 78.3 Å². The number of amidine groups is 1. The average molecular weight is 955 g/mol. The van der Waals surface area contributed by atoms with E-state index in [-0.39, 0.29) is 24.1 Å². The van der Waals surface area contributed by atoms with Crippen LogP contribution in [0, 0.1) is 5.92 Å². The van der Waals surface area contributed by atoms with Crippen molar-refractivity contribution in [3.05, 3.63) is 120 Å². The number of allylic oxidation sites excluding steroid dienone is 1. The van der Waals surface area contributed by atoms with Gasteiger partial charge in [0.25, 0.3) is 0 Å². The van der Waals surface area contributed by atoms with Gasteiger partial charge in [0.05, 0.1) is 46.5 Å². The van der Waals surface area contributed by atoms with Gasteiger partial charge < -0.3 is 42.4 Å². The maximum atomic E-state index is 7.51. The fourth-order valence-corrected chi connectivity index (χ4v) is 17.2. The number of hydrogen-bond donors (Lipinski definition) is 0. The summed E-state index contributed by atoms with van der Waals surface area (Å²) in [4.78, 5) is 21.3. The molecule has 2 aromatic heterocycles. The van der Waals surface area contributed by atoms with Gasteiger partial charge in [-0.25, -0.2) is 19.9 Å². The van der Waals surface area contributed by atoms with Crippen LogP contribution in [0.15, 0.2) is 109 Å². The molecular weight excluding hydrogens is 896 g/mol. The lowest BCUT2D eigenvalue weighted by atomic mass is 9.77. The minimum absolute atomic E-state index is 0.0452. The summed E-state index contributed by atoms with van der Waals surface area (Å²) in [7, 11) is 7.01. The second-order valence-electron chi connectivity index (χ2n) is 17.6. The SMILES string of the molecule is C=C(C)[C@@H]1CC[C@]2(C)S[P@](=S)(O[C@H]3[C@@H](OCCOC)[C@H](n4cnc5c(/N=C6\CCCN6C)ncnc54)O[C@@H]3COC(c3ccccc3)(c3ccc(OC)cc3)c3ccc(OC)cc3)O[C@H]2C1.